The highest BCUT2D eigenvalue weighted by Gasteiger charge is 2.40. The summed E-state index contributed by atoms with van der Waals surface area (Å²) in [4.78, 5) is 18.1. The van der Waals surface area contributed by atoms with E-state index >= 15 is 0 Å². The van der Waals surface area contributed by atoms with Crippen LogP contribution in [0.1, 0.15) is 31.2 Å². The van der Waals surface area contributed by atoms with Crippen LogP contribution in [-0.4, -0.2) is 40.6 Å². The number of halogens is 1. The number of piperidine rings is 1. The quantitative estimate of drug-likeness (QED) is 0.594. The molecule has 0 saturated carbocycles. The molecule has 0 radical (unpaired) electrons. The normalized spacial score (nSPS) is 23.2. The monoisotopic (exact) mass is 440 g/mol. The van der Waals surface area contributed by atoms with Crippen molar-refractivity contribution in [3.63, 3.8) is 0 Å². The average molecular weight is 441 g/mol. The number of thiazole rings is 1. The summed E-state index contributed by atoms with van der Waals surface area (Å²) in [5.74, 6) is 0.428. The minimum Gasteiger partial charge on any atom is -0.431 e. The number of nitrogens with zero attached hydrogens (tertiary/aromatic N) is 2. The summed E-state index contributed by atoms with van der Waals surface area (Å²) in [6, 6.07) is 13.5. The maximum atomic E-state index is 13.3. The average Bonchev–Trinajstić information content (AvgIpc) is 3.23. The van der Waals surface area contributed by atoms with E-state index in [1.807, 2.05) is 12.1 Å². The van der Waals surface area contributed by atoms with Crippen molar-refractivity contribution in [1.29, 1.82) is 0 Å². The first kappa shape index (κ1) is 20.2. The zero-order chi connectivity index (χ0) is 21.4. The lowest BCUT2D eigenvalue weighted by atomic mass is 9.96. The van der Waals surface area contributed by atoms with Crippen LogP contribution in [0, 0.1) is 5.82 Å². The third-order valence-electron chi connectivity index (χ3n) is 6.35. The van der Waals surface area contributed by atoms with Gasteiger partial charge < -0.3 is 15.8 Å². The number of amides is 2. The van der Waals surface area contributed by atoms with Crippen LogP contribution in [0.2, 0.25) is 0 Å². The molecule has 8 heteroatoms. The fourth-order valence-electron chi connectivity index (χ4n) is 4.96. The molecule has 2 saturated heterocycles. The van der Waals surface area contributed by atoms with Crippen molar-refractivity contribution in [1.82, 2.24) is 15.2 Å². The molecule has 2 bridgehead atoms. The van der Waals surface area contributed by atoms with Crippen molar-refractivity contribution in [3.8, 4) is 10.9 Å². The molecular formula is C23H25FN4O2S. The van der Waals surface area contributed by atoms with Crippen molar-refractivity contribution in [2.45, 2.75) is 50.2 Å². The summed E-state index contributed by atoms with van der Waals surface area (Å²) >= 11 is 1.40. The molecule has 2 aliphatic heterocycles. The van der Waals surface area contributed by atoms with E-state index in [0.717, 1.165) is 36.3 Å². The standard InChI is InChI=1S/C23H25FN4O2S/c24-15-3-8-21-20(11-15)27-23(31-21)30-19-6-1-14(2-7-19)9-10-28-17-4-5-18(28)13-16(12-17)26-22(25)29/h1-3,6-8,11,16-18H,4-5,9-10,12-13H2,(H3,25,26,29)/t16?,17-,18?/m0/s1. The van der Waals surface area contributed by atoms with Gasteiger partial charge in [-0.15, -0.1) is 0 Å². The lowest BCUT2D eigenvalue weighted by Gasteiger charge is -2.39. The van der Waals surface area contributed by atoms with E-state index in [0.29, 0.717) is 22.8 Å². The number of rotatable bonds is 6. The first-order valence-electron chi connectivity index (χ1n) is 10.7. The van der Waals surface area contributed by atoms with Crippen LogP contribution >= 0.6 is 11.3 Å². The largest absolute Gasteiger partial charge is 0.431 e. The second-order valence-corrected chi connectivity index (χ2v) is 9.38. The highest BCUT2D eigenvalue weighted by atomic mass is 32.1. The van der Waals surface area contributed by atoms with Crippen molar-refractivity contribution < 1.29 is 13.9 Å². The molecule has 2 amide bonds. The highest BCUT2D eigenvalue weighted by Crippen LogP contribution is 2.36. The highest BCUT2D eigenvalue weighted by molar-refractivity contribution is 7.20. The maximum Gasteiger partial charge on any atom is 0.312 e. The van der Waals surface area contributed by atoms with Gasteiger partial charge in [0.15, 0.2) is 0 Å². The summed E-state index contributed by atoms with van der Waals surface area (Å²) in [7, 11) is 0. The fourth-order valence-corrected chi connectivity index (χ4v) is 5.78. The number of benzene rings is 2. The van der Waals surface area contributed by atoms with Crippen LogP contribution in [-0.2, 0) is 6.42 Å². The van der Waals surface area contributed by atoms with Crippen molar-refractivity contribution in [2.24, 2.45) is 5.73 Å². The Bertz CT molecular complexity index is 1070. The Labute approximate surface area is 184 Å². The predicted octanol–water partition coefficient (Wildman–Crippen LogP) is 4.43. The third-order valence-corrected chi connectivity index (χ3v) is 7.26. The topological polar surface area (TPSA) is 80.5 Å². The summed E-state index contributed by atoms with van der Waals surface area (Å²) in [6.45, 7) is 1.02. The van der Waals surface area contributed by atoms with E-state index < -0.39 is 6.03 Å². The number of ether oxygens (including phenoxy) is 1. The molecule has 5 rings (SSSR count). The first-order valence-corrected chi connectivity index (χ1v) is 11.5. The molecule has 6 nitrogen and oxygen atoms in total. The van der Waals surface area contributed by atoms with Gasteiger partial charge in [0.2, 0.25) is 0 Å². The lowest BCUT2D eigenvalue weighted by molar-refractivity contribution is 0.121. The van der Waals surface area contributed by atoms with E-state index in [4.69, 9.17) is 10.5 Å². The van der Waals surface area contributed by atoms with E-state index in [9.17, 15) is 9.18 Å². The first-order chi connectivity index (χ1) is 15.0. The number of fused-ring (bicyclic) bond motifs is 3. The number of nitrogens with one attached hydrogen (secondary N) is 1. The predicted molar refractivity (Wildman–Crippen MR) is 119 cm³/mol. The molecule has 3 atom stereocenters. The Morgan fingerprint density at radius 3 is 2.65 bits per heavy atom. The van der Waals surface area contributed by atoms with Gasteiger partial charge >= 0.3 is 6.03 Å². The van der Waals surface area contributed by atoms with Gasteiger partial charge in [-0.3, -0.25) is 4.90 Å². The molecule has 0 aliphatic carbocycles. The van der Waals surface area contributed by atoms with Gasteiger partial charge in [-0.1, -0.05) is 23.5 Å². The summed E-state index contributed by atoms with van der Waals surface area (Å²) in [5.41, 5.74) is 7.17. The van der Waals surface area contributed by atoms with Crippen LogP contribution < -0.4 is 15.8 Å². The molecule has 3 heterocycles. The third kappa shape index (κ3) is 4.50. The second-order valence-electron chi connectivity index (χ2n) is 8.39. The van der Waals surface area contributed by atoms with Crippen LogP contribution in [0.3, 0.4) is 0 Å². The second kappa shape index (κ2) is 8.43. The zero-order valence-electron chi connectivity index (χ0n) is 17.1. The molecule has 3 aromatic rings. The van der Waals surface area contributed by atoms with Crippen LogP contribution in [0.25, 0.3) is 10.2 Å². The van der Waals surface area contributed by atoms with Gasteiger partial charge in [0.25, 0.3) is 5.19 Å². The minimum absolute atomic E-state index is 0.210. The van der Waals surface area contributed by atoms with Gasteiger partial charge in [-0.2, -0.15) is 0 Å². The molecule has 1 aromatic heterocycles. The SMILES string of the molecule is NC(=O)NC1CC2CC[C@@H](C1)N2CCc1ccc(Oc2nc3cc(F)ccc3s2)cc1. The maximum absolute atomic E-state index is 13.3. The van der Waals surface area contributed by atoms with Gasteiger partial charge in [-0.05, 0) is 61.9 Å². The van der Waals surface area contributed by atoms with E-state index in [1.54, 1.807) is 6.07 Å². The molecule has 2 aromatic carbocycles. The Morgan fingerprint density at radius 2 is 1.94 bits per heavy atom. The Hall–Kier alpha value is -2.71. The van der Waals surface area contributed by atoms with Gasteiger partial charge in [0.1, 0.15) is 11.6 Å². The number of carbonyl (C=O) groups excluding carboxylic acids is 1. The van der Waals surface area contributed by atoms with Gasteiger partial charge in [-0.25, -0.2) is 14.2 Å². The summed E-state index contributed by atoms with van der Waals surface area (Å²) < 4.78 is 20.1. The summed E-state index contributed by atoms with van der Waals surface area (Å²) in [6.07, 6.45) is 5.33. The van der Waals surface area contributed by atoms with Crippen molar-refractivity contribution in [3.05, 3.63) is 53.8 Å². The van der Waals surface area contributed by atoms with E-state index in [1.165, 1.54) is 41.9 Å². The lowest BCUT2D eigenvalue weighted by Crippen LogP contribution is -2.51. The number of nitrogens with two attached hydrogens (primary N) is 1. The molecule has 2 aliphatic rings. The number of hydrogen-bond acceptors (Lipinski definition) is 5. The molecule has 3 N–H and O–H groups in total. The van der Waals surface area contributed by atoms with Crippen LogP contribution in [0.5, 0.6) is 10.9 Å². The van der Waals surface area contributed by atoms with Crippen LogP contribution in [0.4, 0.5) is 9.18 Å². The Morgan fingerprint density at radius 1 is 1.19 bits per heavy atom. The fraction of sp³-hybridized carbons (Fsp3) is 0.391. The zero-order valence-corrected chi connectivity index (χ0v) is 17.9. The van der Waals surface area contributed by atoms with Crippen molar-refractivity contribution >= 4 is 27.6 Å². The van der Waals surface area contributed by atoms with E-state index in [-0.39, 0.29) is 11.9 Å². The minimum atomic E-state index is -0.418. The molecule has 162 valence electrons. The number of urea groups is 1. The van der Waals surface area contributed by atoms with Gasteiger partial charge in [0, 0.05) is 30.7 Å². The smallest absolute Gasteiger partial charge is 0.312 e. The Balaban J connectivity index is 1.17. The molecule has 0 spiro atoms. The molecular weight excluding hydrogens is 415 g/mol. The van der Waals surface area contributed by atoms with Crippen molar-refractivity contribution in [2.75, 3.05) is 6.54 Å². The number of hydrogen-bond donors (Lipinski definition) is 2. The molecule has 2 fully saturated rings. The summed E-state index contributed by atoms with van der Waals surface area (Å²) in [5, 5.41) is 3.40. The Kier molecular flexibility index (Phi) is 5.50. The number of aromatic nitrogens is 1. The molecule has 2 unspecified atom stereocenters. The number of carbonyl (C=O) groups is 1. The van der Waals surface area contributed by atoms with E-state index in [2.05, 4.69) is 27.3 Å². The van der Waals surface area contributed by atoms with Gasteiger partial charge in [0.05, 0.1) is 10.2 Å². The van der Waals surface area contributed by atoms with Crippen LogP contribution in [0.15, 0.2) is 42.5 Å². The number of primary amides is 1. The molecule has 31 heavy (non-hydrogen) atoms.